The van der Waals surface area contributed by atoms with E-state index in [9.17, 15) is 4.79 Å². The number of carbonyl (C=O) groups is 1. The number of ketones is 1. The van der Waals surface area contributed by atoms with Gasteiger partial charge in [0, 0.05) is 12.1 Å². The quantitative estimate of drug-likeness (QED) is 0.755. The molecule has 2 nitrogen and oxygen atoms in total. The average molecular weight is 231 g/mol. The molecule has 0 aromatic carbocycles. The third kappa shape index (κ3) is 2.19. The minimum Gasteiger partial charge on any atom is -0.293 e. The number of thiophene rings is 1. The lowest BCUT2D eigenvalue weighted by molar-refractivity contribution is 0.0943. The average Bonchev–Trinajstić information content (AvgIpc) is 2.78. The number of pyridine rings is 1. The summed E-state index contributed by atoms with van der Waals surface area (Å²) in [5.41, 5.74) is 0.926. The molecule has 0 unspecified atom stereocenters. The Kier molecular flexibility index (Phi) is 3.15. The molecule has 0 atom stereocenters. The van der Waals surface area contributed by atoms with Crippen LogP contribution in [0.5, 0.6) is 0 Å². The van der Waals surface area contributed by atoms with Gasteiger partial charge in [-0.1, -0.05) is 19.9 Å². The van der Waals surface area contributed by atoms with E-state index in [1.807, 2.05) is 44.2 Å². The van der Waals surface area contributed by atoms with Gasteiger partial charge in [-0.3, -0.25) is 9.78 Å². The highest BCUT2D eigenvalue weighted by atomic mass is 32.1. The van der Waals surface area contributed by atoms with Gasteiger partial charge in [0.2, 0.25) is 0 Å². The van der Waals surface area contributed by atoms with E-state index in [4.69, 9.17) is 0 Å². The summed E-state index contributed by atoms with van der Waals surface area (Å²) in [6, 6.07) is 9.64. The normalized spacial score (nSPS) is 10.7. The van der Waals surface area contributed by atoms with Crippen LogP contribution in [-0.4, -0.2) is 10.8 Å². The van der Waals surface area contributed by atoms with Gasteiger partial charge in [0.15, 0.2) is 5.78 Å². The van der Waals surface area contributed by atoms with Gasteiger partial charge in [-0.25, -0.2) is 0 Å². The second-order valence-electron chi connectivity index (χ2n) is 3.90. The van der Waals surface area contributed by atoms with Crippen molar-refractivity contribution in [1.82, 2.24) is 4.98 Å². The summed E-state index contributed by atoms with van der Waals surface area (Å²) in [5, 5.41) is 0. The maximum Gasteiger partial charge on any atom is 0.175 e. The summed E-state index contributed by atoms with van der Waals surface area (Å²) in [6.07, 6.45) is 1.76. The predicted molar refractivity (Wildman–Crippen MR) is 66.7 cm³/mol. The Bertz CT molecular complexity index is 488. The molecule has 0 spiro atoms. The number of aromatic nitrogens is 1. The largest absolute Gasteiger partial charge is 0.293 e. The fourth-order valence-corrected chi connectivity index (χ4v) is 2.47. The molecule has 0 N–H and O–H groups in total. The number of Topliss-reactive ketones (excluding diaryl/α,β-unsaturated/α-hetero) is 1. The van der Waals surface area contributed by atoms with Gasteiger partial charge in [0.05, 0.1) is 15.4 Å². The maximum atomic E-state index is 11.8. The number of carbonyl (C=O) groups excluding carboxylic acids is 1. The van der Waals surface area contributed by atoms with Crippen molar-refractivity contribution in [3.63, 3.8) is 0 Å². The van der Waals surface area contributed by atoms with Crippen molar-refractivity contribution in [2.75, 3.05) is 0 Å². The molecule has 2 aromatic rings. The monoisotopic (exact) mass is 231 g/mol. The molecule has 0 bridgehead atoms. The number of nitrogens with zero attached hydrogens (tertiary/aromatic N) is 1. The maximum absolute atomic E-state index is 11.8. The molecular weight excluding hydrogens is 218 g/mol. The highest BCUT2D eigenvalue weighted by Crippen LogP contribution is 2.27. The summed E-state index contributed by atoms with van der Waals surface area (Å²) in [6.45, 7) is 3.84. The smallest absolute Gasteiger partial charge is 0.175 e. The molecule has 0 radical (unpaired) electrons. The molecule has 2 rings (SSSR count). The highest BCUT2D eigenvalue weighted by Gasteiger charge is 2.13. The Hall–Kier alpha value is -1.48. The number of hydrogen-bond acceptors (Lipinski definition) is 3. The Morgan fingerprint density at radius 1 is 1.25 bits per heavy atom. The van der Waals surface area contributed by atoms with E-state index in [1.165, 1.54) is 11.3 Å². The molecule has 0 aliphatic rings. The minimum absolute atomic E-state index is 0.0511. The Morgan fingerprint density at radius 2 is 2.06 bits per heavy atom. The number of hydrogen-bond donors (Lipinski definition) is 0. The molecule has 16 heavy (non-hydrogen) atoms. The van der Waals surface area contributed by atoms with Gasteiger partial charge in [0.25, 0.3) is 0 Å². The van der Waals surface area contributed by atoms with Crippen LogP contribution in [0.2, 0.25) is 0 Å². The van der Waals surface area contributed by atoms with Crippen molar-refractivity contribution in [2.24, 2.45) is 5.92 Å². The molecule has 0 saturated carbocycles. The van der Waals surface area contributed by atoms with Crippen LogP contribution in [0.4, 0.5) is 0 Å². The zero-order valence-electron chi connectivity index (χ0n) is 9.31. The van der Waals surface area contributed by atoms with E-state index in [-0.39, 0.29) is 11.7 Å². The van der Waals surface area contributed by atoms with Gasteiger partial charge in [-0.2, -0.15) is 0 Å². The molecular formula is C13H13NOS. The van der Waals surface area contributed by atoms with Crippen LogP contribution >= 0.6 is 11.3 Å². The molecule has 2 aromatic heterocycles. The van der Waals surface area contributed by atoms with E-state index >= 15 is 0 Å². The van der Waals surface area contributed by atoms with E-state index in [0.717, 1.165) is 15.4 Å². The first-order chi connectivity index (χ1) is 7.68. The first-order valence-electron chi connectivity index (χ1n) is 5.24. The summed E-state index contributed by atoms with van der Waals surface area (Å²) in [7, 11) is 0. The SMILES string of the molecule is CC(C)C(=O)c1ccc(-c2ccccn2)s1. The summed E-state index contributed by atoms with van der Waals surface area (Å²) in [5.74, 6) is 0.252. The standard InChI is InChI=1S/C13H13NOS/c1-9(2)13(15)12-7-6-11(16-12)10-5-3-4-8-14-10/h3-9H,1-2H3. The predicted octanol–water partition coefficient (Wildman–Crippen LogP) is 3.65. The van der Waals surface area contributed by atoms with Crippen molar-refractivity contribution in [3.8, 4) is 10.6 Å². The lowest BCUT2D eigenvalue weighted by Crippen LogP contribution is -2.04. The highest BCUT2D eigenvalue weighted by molar-refractivity contribution is 7.17. The van der Waals surface area contributed by atoms with E-state index in [1.54, 1.807) is 6.20 Å². The van der Waals surface area contributed by atoms with Gasteiger partial charge in [0.1, 0.15) is 0 Å². The van der Waals surface area contributed by atoms with Gasteiger partial charge in [-0.15, -0.1) is 11.3 Å². The van der Waals surface area contributed by atoms with E-state index in [0.29, 0.717) is 0 Å². The van der Waals surface area contributed by atoms with Crippen LogP contribution in [0.1, 0.15) is 23.5 Å². The van der Waals surface area contributed by atoms with E-state index < -0.39 is 0 Å². The van der Waals surface area contributed by atoms with Crippen molar-refractivity contribution in [3.05, 3.63) is 41.4 Å². The molecule has 0 aliphatic heterocycles. The lowest BCUT2D eigenvalue weighted by atomic mass is 10.1. The lowest BCUT2D eigenvalue weighted by Gasteiger charge is -1.99. The topological polar surface area (TPSA) is 30.0 Å². The molecule has 0 saturated heterocycles. The van der Waals surface area contributed by atoms with Crippen LogP contribution < -0.4 is 0 Å². The second kappa shape index (κ2) is 4.58. The van der Waals surface area contributed by atoms with Crippen LogP contribution in [-0.2, 0) is 0 Å². The molecule has 2 heterocycles. The third-order valence-electron chi connectivity index (χ3n) is 2.29. The Morgan fingerprint density at radius 3 is 2.69 bits per heavy atom. The fourth-order valence-electron chi connectivity index (χ4n) is 1.40. The van der Waals surface area contributed by atoms with Gasteiger partial charge in [-0.05, 0) is 24.3 Å². The van der Waals surface area contributed by atoms with Crippen molar-refractivity contribution in [2.45, 2.75) is 13.8 Å². The van der Waals surface area contributed by atoms with Crippen molar-refractivity contribution >= 4 is 17.1 Å². The zero-order chi connectivity index (χ0) is 11.5. The molecule has 0 aliphatic carbocycles. The first kappa shape index (κ1) is 11.0. The molecule has 0 fully saturated rings. The fraction of sp³-hybridized carbons (Fsp3) is 0.231. The summed E-state index contributed by atoms with van der Waals surface area (Å²) in [4.78, 5) is 17.9. The Labute approximate surface area is 99.0 Å². The van der Waals surface area contributed by atoms with Crippen LogP contribution in [0.3, 0.4) is 0 Å². The number of rotatable bonds is 3. The van der Waals surface area contributed by atoms with Crippen molar-refractivity contribution < 1.29 is 4.79 Å². The second-order valence-corrected chi connectivity index (χ2v) is 4.98. The van der Waals surface area contributed by atoms with Crippen molar-refractivity contribution in [1.29, 1.82) is 0 Å². The molecule has 82 valence electrons. The third-order valence-corrected chi connectivity index (χ3v) is 3.41. The summed E-state index contributed by atoms with van der Waals surface area (Å²) >= 11 is 1.51. The van der Waals surface area contributed by atoms with Crippen LogP contribution in [0.15, 0.2) is 36.5 Å². The summed E-state index contributed by atoms with van der Waals surface area (Å²) < 4.78 is 0. The minimum atomic E-state index is 0.0511. The van der Waals surface area contributed by atoms with E-state index in [2.05, 4.69) is 4.98 Å². The first-order valence-corrected chi connectivity index (χ1v) is 6.05. The van der Waals surface area contributed by atoms with Gasteiger partial charge < -0.3 is 0 Å². The molecule has 3 heteroatoms. The van der Waals surface area contributed by atoms with Crippen LogP contribution in [0, 0.1) is 5.92 Å². The van der Waals surface area contributed by atoms with Crippen LogP contribution in [0.25, 0.3) is 10.6 Å². The Balaban J connectivity index is 2.30. The zero-order valence-corrected chi connectivity index (χ0v) is 10.1. The van der Waals surface area contributed by atoms with Gasteiger partial charge >= 0.3 is 0 Å². The molecule has 0 amide bonds.